The number of hydrogen-bond donors (Lipinski definition) is 1. The van der Waals surface area contributed by atoms with Crippen LogP contribution in [0, 0.1) is 5.92 Å². The van der Waals surface area contributed by atoms with Gasteiger partial charge >= 0.3 is 5.97 Å². The second kappa shape index (κ2) is 7.75. The van der Waals surface area contributed by atoms with Gasteiger partial charge in [-0.1, -0.05) is 48.2 Å². The summed E-state index contributed by atoms with van der Waals surface area (Å²) >= 11 is 0. The maximum atomic E-state index is 12.3. The van der Waals surface area contributed by atoms with Crippen LogP contribution in [0.3, 0.4) is 0 Å². The summed E-state index contributed by atoms with van der Waals surface area (Å²) in [5.74, 6) is -1.75. The van der Waals surface area contributed by atoms with Crippen LogP contribution in [0.25, 0.3) is 11.0 Å². The number of carbonyl (C=O) groups excluding carboxylic acids is 1. The Morgan fingerprint density at radius 3 is 2.67 bits per heavy atom. The van der Waals surface area contributed by atoms with Crippen LogP contribution in [0.2, 0.25) is 0 Å². The van der Waals surface area contributed by atoms with E-state index in [1.807, 2.05) is 30.3 Å². The summed E-state index contributed by atoms with van der Waals surface area (Å²) in [6, 6.07) is 13.9. The molecule has 0 saturated heterocycles. The van der Waals surface area contributed by atoms with E-state index in [2.05, 4.69) is 10.3 Å². The lowest BCUT2D eigenvalue weighted by molar-refractivity contribution is -0.137. The predicted molar refractivity (Wildman–Crippen MR) is 98.3 cm³/mol. The van der Waals surface area contributed by atoms with Crippen LogP contribution in [0.1, 0.15) is 12.5 Å². The molecular weight excluding hydrogens is 370 g/mol. The van der Waals surface area contributed by atoms with Gasteiger partial charge in [-0.3, -0.25) is 4.79 Å². The van der Waals surface area contributed by atoms with Gasteiger partial charge in [-0.25, -0.2) is 8.42 Å². The molecule has 2 aromatic carbocycles. The third-order valence-electron chi connectivity index (χ3n) is 4.08. The molecule has 0 spiro atoms. The predicted octanol–water partition coefficient (Wildman–Crippen LogP) is 1.87. The number of benzene rings is 2. The molecule has 1 atom stereocenters. The average Bonchev–Trinajstić information content (AvgIpc) is 3.03. The summed E-state index contributed by atoms with van der Waals surface area (Å²) in [5.41, 5.74) is 1.42. The van der Waals surface area contributed by atoms with Crippen molar-refractivity contribution < 1.29 is 23.2 Å². The fourth-order valence-corrected chi connectivity index (χ4v) is 4.26. The van der Waals surface area contributed by atoms with Gasteiger partial charge in [-0.05, 0) is 29.3 Å². The zero-order chi connectivity index (χ0) is 19.4. The third kappa shape index (κ3) is 4.62. The lowest BCUT2D eigenvalue weighted by atomic mass is 10.2. The molecule has 1 N–H and O–H groups in total. The summed E-state index contributed by atoms with van der Waals surface area (Å²) < 4.78 is 29.9. The zero-order valence-electron chi connectivity index (χ0n) is 14.6. The van der Waals surface area contributed by atoms with Gasteiger partial charge in [0.2, 0.25) is 0 Å². The average molecular weight is 389 g/mol. The molecule has 27 heavy (non-hydrogen) atoms. The van der Waals surface area contributed by atoms with Crippen molar-refractivity contribution in [2.45, 2.75) is 13.3 Å². The first kappa shape index (κ1) is 18.8. The zero-order valence-corrected chi connectivity index (χ0v) is 15.5. The lowest BCUT2D eigenvalue weighted by Gasteiger charge is -2.12. The van der Waals surface area contributed by atoms with Crippen LogP contribution in [0.5, 0.6) is 5.75 Å². The number of aromatic nitrogens is 3. The molecule has 0 saturated carbocycles. The minimum atomic E-state index is -3.43. The van der Waals surface area contributed by atoms with E-state index in [-0.39, 0.29) is 28.3 Å². The number of nitrogens with zero attached hydrogens (tertiary/aromatic N) is 3. The second-order valence-corrected chi connectivity index (χ2v) is 8.50. The van der Waals surface area contributed by atoms with E-state index in [4.69, 9.17) is 4.74 Å². The van der Waals surface area contributed by atoms with Crippen LogP contribution in [0.4, 0.5) is 0 Å². The number of aryl methyl sites for hydroxylation is 1. The Balaban J connectivity index is 1.62. The van der Waals surface area contributed by atoms with Crippen LogP contribution in [0.15, 0.2) is 48.5 Å². The van der Waals surface area contributed by atoms with Crippen molar-refractivity contribution in [3.63, 3.8) is 0 Å². The van der Waals surface area contributed by atoms with Crippen molar-refractivity contribution in [1.29, 1.82) is 0 Å². The number of ether oxygens (including phenoxy) is 1. The fourth-order valence-electron chi connectivity index (χ4n) is 2.65. The van der Waals surface area contributed by atoms with Crippen LogP contribution in [-0.4, -0.2) is 46.3 Å². The maximum Gasteiger partial charge on any atom is 0.315 e. The molecule has 0 amide bonds. The molecule has 0 aliphatic rings. The number of sulfone groups is 1. The Hall–Kier alpha value is -2.94. The molecule has 0 fully saturated rings. The smallest absolute Gasteiger partial charge is 0.315 e. The number of esters is 1. The number of rotatable bonds is 7. The summed E-state index contributed by atoms with van der Waals surface area (Å²) in [7, 11) is -3.43. The molecular formula is C18H19N3O5S. The highest BCUT2D eigenvalue weighted by Gasteiger charge is 2.24. The number of fused-ring (bicyclic) bond motifs is 1. The molecule has 0 aliphatic carbocycles. The first-order valence-electron chi connectivity index (χ1n) is 8.35. The third-order valence-corrected chi connectivity index (χ3v) is 5.92. The van der Waals surface area contributed by atoms with Crippen LogP contribution in [-0.2, 0) is 21.1 Å². The minimum absolute atomic E-state index is 0.0386. The van der Waals surface area contributed by atoms with Gasteiger partial charge in [0, 0.05) is 0 Å². The van der Waals surface area contributed by atoms with Gasteiger partial charge in [0.1, 0.15) is 5.52 Å². The molecule has 142 valence electrons. The normalized spacial score (nSPS) is 12.8. The summed E-state index contributed by atoms with van der Waals surface area (Å²) in [6.45, 7) is 1.51. The minimum Gasteiger partial charge on any atom is -0.424 e. The molecule has 9 heteroatoms. The molecule has 0 radical (unpaired) electrons. The van der Waals surface area contributed by atoms with Crippen molar-refractivity contribution in [3.05, 3.63) is 54.1 Å². The quantitative estimate of drug-likeness (QED) is 0.373. The second-order valence-electron chi connectivity index (χ2n) is 6.27. The first-order chi connectivity index (χ1) is 12.9. The molecule has 8 nitrogen and oxygen atoms in total. The van der Waals surface area contributed by atoms with Gasteiger partial charge in [0.05, 0.1) is 17.4 Å². The summed E-state index contributed by atoms with van der Waals surface area (Å²) in [5, 5.41) is 16.7. The van der Waals surface area contributed by atoms with Crippen molar-refractivity contribution in [1.82, 2.24) is 15.2 Å². The highest BCUT2D eigenvalue weighted by atomic mass is 32.2. The summed E-state index contributed by atoms with van der Waals surface area (Å²) in [6.07, 6.45) is 0.393. The van der Waals surface area contributed by atoms with Crippen molar-refractivity contribution in [2.24, 2.45) is 5.92 Å². The molecule has 0 aliphatic heterocycles. The Labute approximate surface area is 156 Å². The lowest BCUT2D eigenvalue weighted by Crippen LogP contribution is -2.27. The van der Waals surface area contributed by atoms with Crippen molar-refractivity contribution in [2.75, 3.05) is 11.5 Å². The topological polar surface area (TPSA) is 111 Å². The SMILES string of the molecule is CC(CS(=O)(=O)CCc1ccccc1)C(=O)Oc1cccc2c1nnn2O. The van der Waals surface area contributed by atoms with Gasteiger partial charge in [0.25, 0.3) is 0 Å². The Morgan fingerprint density at radius 2 is 1.93 bits per heavy atom. The molecule has 3 aromatic rings. The van der Waals surface area contributed by atoms with Crippen molar-refractivity contribution >= 4 is 26.8 Å². The number of hydrogen-bond acceptors (Lipinski definition) is 7. The highest BCUT2D eigenvalue weighted by Crippen LogP contribution is 2.23. The Morgan fingerprint density at radius 1 is 1.19 bits per heavy atom. The molecule has 1 unspecified atom stereocenters. The largest absolute Gasteiger partial charge is 0.424 e. The first-order valence-corrected chi connectivity index (χ1v) is 10.2. The van der Waals surface area contributed by atoms with Crippen LogP contribution < -0.4 is 4.74 Å². The van der Waals surface area contributed by atoms with Gasteiger partial charge in [-0.2, -0.15) is 0 Å². The fraction of sp³-hybridized carbons (Fsp3) is 0.278. The van der Waals surface area contributed by atoms with E-state index < -0.39 is 21.7 Å². The standard InChI is InChI=1S/C18H19N3O5S/c1-13(12-27(24,25)11-10-14-6-3-2-4-7-14)18(22)26-16-9-5-8-15-17(16)19-20-21(15)23/h2-9,13,23H,10-12H2,1H3. The van der Waals surface area contributed by atoms with E-state index in [1.54, 1.807) is 12.1 Å². The van der Waals surface area contributed by atoms with Gasteiger partial charge < -0.3 is 9.94 Å². The molecule has 1 heterocycles. The Kier molecular flexibility index (Phi) is 5.41. The number of carbonyl (C=O) groups is 1. The maximum absolute atomic E-state index is 12.3. The van der Waals surface area contributed by atoms with Crippen LogP contribution >= 0.6 is 0 Å². The van der Waals surface area contributed by atoms with E-state index in [0.29, 0.717) is 11.3 Å². The van der Waals surface area contributed by atoms with Crippen molar-refractivity contribution in [3.8, 4) is 5.75 Å². The molecule has 1 aromatic heterocycles. The molecule has 0 bridgehead atoms. The monoisotopic (exact) mass is 389 g/mol. The van der Waals surface area contributed by atoms with Gasteiger partial charge in [0.15, 0.2) is 21.1 Å². The van der Waals surface area contributed by atoms with E-state index in [0.717, 1.165) is 5.56 Å². The summed E-state index contributed by atoms with van der Waals surface area (Å²) in [4.78, 5) is 12.9. The van der Waals surface area contributed by atoms with E-state index >= 15 is 0 Å². The van der Waals surface area contributed by atoms with E-state index in [9.17, 15) is 18.4 Å². The Bertz CT molecular complexity index is 1050. The van der Waals surface area contributed by atoms with Gasteiger partial charge in [-0.15, -0.1) is 5.10 Å². The van der Waals surface area contributed by atoms with E-state index in [1.165, 1.54) is 13.0 Å². The molecule has 3 rings (SSSR count). The highest BCUT2D eigenvalue weighted by molar-refractivity contribution is 7.91.